The van der Waals surface area contributed by atoms with Crippen LogP contribution in [-0.4, -0.2) is 82.7 Å². The maximum atomic E-state index is 13.9. The van der Waals surface area contributed by atoms with Gasteiger partial charge in [-0.05, 0) is 42.9 Å². The van der Waals surface area contributed by atoms with Gasteiger partial charge in [0.25, 0.3) is 11.8 Å². The summed E-state index contributed by atoms with van der Waals surface area (Å²) in [5, 5.41) is 16.9. The van der Waals surface area contributed by atoms with Gasteiger partial charge in [-0.15, -0.1) is 11.8 Å². The Hall–Kier alpha value is -7.54. The van der Waals surface area contributed by atoms with Crippen molar-refractivity contribution in [1.82, 2.24) is 20.2 Å². The Morgan fingerprint density at radius 3 is 2.24 bits per heavy atom. The van der Waals surface area contributed by atoms with Gasteiger partial charge in [0, 0.05) is 74.1 Å². The second-order valence-electron chi connectivity index (χ2n) is 17.7. The van der Waals surface area contributed by atoms with Crippen LogP contribution in [0.25, 0.3) is 33.7 Å². The fourth-order valence-electron chi connectivity index (χ4n) is 8.76. The summed E-state index contributed by atoms with van der Waals surface area (Å²) in [6.07, 6.45) is 12.5. The molecular weight excluding hydrogens is 935 g/mol. The summed E-state index contributed by atoms with van der Waals surface area (Å²) in [5.74, 6) is 11.8. The number of hydrogen-bond acceptors (Lipinski definition) is 15. The van der Waals surface area contributed by atoms with Gasteiger partial charge < -0.3 is 46.0 Å². The number of nitrogens with zero attached hydrogens (tertiary/aromatic N) is 4. The lowest BCUT2D eigenvalue weighted by Crippen LogP contribution is -2.38. The number of ether oxygens (including phenoxy) is 1. The van der Waals surface area contributed by atoms with Crippen molar-refractivity contribution in [2.24, 2.45) is 23.2 Å². The number of imide groups is 1. The highest BCUT2D eigenvalue weighted by molar-refractivity contribution is 8.03. The van der Waals surface area contributed by atoms with Crippen molar-refractivity contribution in [3.8, 4) is 22.8 Å². The Bertz CT molecular complexity index is 2920. The average molecular weight is 998 g/mol. The molecule has 378 valence electrons. The second kappa shape index (κ2) is 25.0. The molecule has 72 heavy (non-hydrogen) atoms. The average Bonchev–Trinajstić information content (AvgIpc) is 3.65. The van der Waals surface area contributed by atoms with Crippen LogP contribution in [-0.2, 0) is 25.7 Å². The van der Waals surface area contributed by atoms with E-state index in [1.165, 1.54) is 41.0 Å². The largest absolute Gasteiger partial charge is 0.504 e. The number of aromatic hydroxyl groups is 1. The highest BCUT2D eigenvalue weighted by Gasteiger charge is 2.31. The monoisotopic (exact) mass is 997 g/mol. The van der Waals surface area contributed by atoms with E-state index < -0.39 is 11.8 Å². The van der Waals surface area contributed by atoms with Crippen LogP contribution in [0.5, 0.6) is 11.5 Å². The van der Waals surface area contributed by atoms with Crippen LogP contribution in [0, 0.1) is 0 Å². The van der Waals surface area contributed by atoms with E-state index in [2.05, 4.69) is 5.32 Å². The smallest absolute Gasteiger partial charge is 0.267 e. The fourth-order valence-corrected chi connectivity index (χ4v) is 9.27. The molecule has 10 N–H and O–H groups in total. The van der Waals surface area contributed by atoms with Crippen LogP contribution in [0.1, 0.15) is 80.9 Å². The van der Waals surface area contributed by atoms with E-state index in [-0.39, 0.29) is 78.8 Å². The van der Waals surface area contributed by atoms with E-state index in [0.29, 0.717) is 57.7 Å². The molecule has 1 aromatic heterocycles. The number of fused-ring (bicyclic) bond motifs is 3. The zero-order valence-corrected chi connectivity index (χ0v) is 41.3. The van der Waals surface area contributed by atoms with Gasteiger partial charge in [-0.1, -0.05) is 111 Å². The van der Waals surface area contributed by atoms with Gasteiger partial charge in [-0.25, -0.2) is 11.7 Å². The molecule has 2 aliphatic rings. The van der Waals surface area contributed by atoms with Crippen molar-refractivity contribution in [3.05, 3.63) is 147 Å². The topological polar surface area (TPSA) is 257 Å². The van der Waals surface area contributed by atoms with Crippen LogP contribution >= 0.6 is 11.8 Å². The molecule has 18 heteroatoms. The van der Waals surface area contributed by atoms with Gasteiger partial charge in [-0.2, -0.15) is 0 Å². The number of anilines is 1. The minimum atomic E-state index is -0.436. The third kappa shape index (κ3) is 13.0. The number of amides is 4. The molecule has 0 bridgehead atoms. The molecule has 7 rings (SSSR count). The lowest BCUT2D eigenvalue weighted by atomic mass is 9.95. The predicted molar refractivity (Wildman–Crippen MR) is 282 cm³/mol. The van der Waals surface area contributed by atoms with Gasteiger partial charge in [0.1, 0.15) is 12.4 Å². The molecule has 0 spiro atoms. The summed E-state index contributed by atoms with van der Waals surface area (Å²) >= 11 is 1.19. The molecule has 0 saturated heterocycles. The predicted octanol–water partition coefficient (Wildman–Crippen LogP) is 6.66. The number of hydrazine groups is 2. The van der Waals surface area contributed by atoms with Crippen LogP contribution in [0.15, 0.2) is 129 Å². The number of unbranched alkanes of at least 4 members (excludes halogenated alkanes) is 7. The molecule has 0 saturated carbocycles. The molecule has 4 amide bonds. The van der Waals surface area contributed by atoms with E-state index in [4.69, 9.17) is 32.3 Å². The number of thioether (sulfide) groups is 1. The number of nitrogens with two attached hydrogens (primary N) is 4. The first-order valence-corrected chi connectivity index (χ1v) is 25.4. The Morgan fingerprint density at radius 2 is 1.51 bits per heavy atom. The number of nitrogens with one attached hydrogen (secondary N) is 1. The SMILES string of the molecule is CSC1=CC(=O)N(CCC(=O)NCCC(=O)N2Cc3ccccc3/C(N(N)CCCCCCCCCCN(N)/C=C(\N)COc3c(O)ccc4c(=O)cc(-c5ccccc5)oc34)=C(/N)c3ccccc32)C1=O. The van der Waals surface area contributed by atoms with Crippen LogP contribution in [0.3, 0.4) is 0 Å². The molecule has 0 fully saturated rings. The van der Waals surface area contributed by atoms with Crippen molar-refractivity contribution in [2.45, 2.75) is 70.8 Å². The lowest BCUT2D eigenvalue weighted by molar-refractivity contribution is -0.137. The normalized spacial score (nSPS) is 14.7. The number of carbonyl (C=O) groups excluding carboxylic acids is 4. The maximum absolute atomic E-state index is 13.9. The Kier molecular flexibility index (Phi) is 18.2. The van der Waals surface area contributed by atoms with Crippen LogP contribution in [0.4, 0.5) is 5.69 Å². The lowest BCUT2D eigenvalue weighted by Gasteiger charge is -2.33. The molecule has 0 unspecified atom stereocenters. The molecule has 2 aliphatic heterocycles. The molecule has 17 nitrogen and oxygen atoms in total. The Balaban J connectivity index is 0.831. The zero-order valence-electron chi connectivity index (χ0n) is 40.5. The van der Waals surface area contributed by atoms with Gasteiger partial charge in [-0.3, -0.25) is 28.9 Å². The Morgan fingerprint density at radius 1 is 0.847 bits per heavy atom. The number of benzene rings is 4. The molecule has 4 aromatic carbocycles. The van der Waals surface area contributed by atoms with Crippen molar-refractivity contribution in [3.63, 3.8) is 0 Å². The van der Waals surface area contributed by atoms with Gasteiger partial charge in [0.2, 0.25) is 17.6 Å². The van der Waals surface area contributed by atoms with Gasteiger partial charge >= 0.3 is 0 Å². The summed E-state index contributed by atoms with van der Waals surface area (Å²) in [5.41, 5.74) is 18.3. The van der Waals surface area contributed by atoms with Crippen molar-refractivity contribution in [1.29, 1.82) is 0 Å². The highest BCUT2D eigenvalue weighted by atomic mass is 32.2. The molecular formula is C54H63N9O8S. The van der Waals surface area contributed by atoms with Crippen molar-refractivity contribution >= 4 is 63.4 Å². The third-order valence-corrected chi connectivity index (χ3v) is 13.3. The van der Waals surface area contributed by atoms with Crippen LogP contribution < -0.4 is 43.5 Å². The number of para-hydroxylation sites is 1. The van der Waals surface area contributed by atoms with E-state index in [1.54, 1.807) is 22.4 Å². The summed E-state index contributed by atoms with van der Waals surface area (Å²) in [6, 6.07) is 28.7. The highest BCUT2D eigenvalue weighted by Crippen LogP contribution is 2.38. The first kappa shape index (κ1) is 52.3. The first-order chi connectivity index (χ1) is 34.8. The quantitative estimate of drug-likeness (QED) is 0.0164. The summed E-state index contributed by atoms with van der Waals surface area (Å²) in [6.45, 7) is 1.38. The maximum Gasteiger partial charge on any atom is 0.267 e. The molecule has 3 heterocycles. The van der Waals surface area contributed by atoms with Crippen molar-refractivity contribution < 1.29 is 33.4 Å². The first-order valence-electron chi connectivity index (χ1n) is 24.2. The van der Waals surface area contributed by atoms with E-state index in [9.17, 15) is 29.1 Å². The van der Waals surface area contributed by atoms with Gasteiger partial charge in [0.15, 0.2) is 16.8 Å². The summed E-state index contributed by atoms with van der Waals surface area (Å²) in [4.78, 5) is 67.1. The third-order valence-electron chi connectivity index (χ3n) is 12.5. The zero-order chi connectivity index (χ0) is 51.1. The standard InChI is InChI=1S/C54H63N9O8S/c1-72-46-32-49(68)61(54(46)69)30-26-47(66)59-27-25-48(67)62-33-37-19-11-12-20-39(37)51(50(56)40-21-13-14-22-42(40)62)63(58)29-16-7-5-3-2-4-6-15-28-60(57)34-38(55)35-70-53-43(64)24-23-41-44(65)31-45(71-52(41)53)36-17-9-8-10-18-36/h8-14,17-24,31-32,34,64H,2-7,15-16,25-30,33,35,55-58H2,1H3,(H,59,66)/b38-34-,51-50-. The number of rotatable bonds is 24. The minimum absolute atomic E-state index is 0.0156. The number of phenols is 1. The van der Waals surface area contributed by atoms with Crippen molar-refractivity contribution in [2.75, 3.05) is 43.9 Å². The fraction of sp³-hybridized carbons (Fsp3) is 0.315. The molecule has 0 aliphatic carbocycles. The summed E-state index contributed by atoms with van der Waals surface area (Å²) < 4.78 is 11.9. The number of phenolic OH excluding ortho intramolecular Hbond substituents is 1. The van der Waals surface area contributed by atoms with Crippen LogP contribution in [0.2, 0.25) is 0 Å². The van der Waals surface area contributed by atoms with E-state index in [0.717, 1.165) is 67.4 Å². The molecule has 0 radical (unpaired) electrons. The minimum Gasteiger partial charge on any atom is -0.504 e. The Labute approximate surface area is 423 Å². The van der Waals surface area contributed by atoms with E-state index >= 15 is 0 Å². The summed E-state index contributed by atoms with van der Waals surface area (Å²) in [7, 11) is 0. The van der Waals surface area contributed by atoms with E-state index in [1.807, 2.05) is 78.9 Å². The van der Waals surface area contributed by atoms with Gasteiger partial charge in [0.05, 0.1) is 39.6 Å². The molecule has 0 atom stereocenters. The number of hydrogen-bond donors (Lipinski definition) is 6. The second-order valence-corrected chi connectivity index (χ2v) is 18.5. The number of carbonyl (C=O) groups is 4. The molecule has 5 aromatic rings.